The fraction of sp³-hybridized carbons (Fsp3) is 0.796. The van der Waals surface area contributed by atoms with Crippen LogP contribution in [0.25, 0.3) is 0 Å². The van der Waals surface area contributed by atoms with Crippen molar-refractivity contribution in [2.45, 2.75) is 264 Å². The summed E-state index contributed by atoms with van der Waals surface area (Å²) >= 11 is 0. The second-order valence-corrected chi connectivity index (χ2v) is 17.2. The van der Waals surface area contributed by atoms with Crippen molar-refractivity contribution in [2.24, 2.45) is 0 Å². The lowest BCUT2D eigenvalue weighted by Gasteiger charge is -2.18. The van der Waals surface area contributed by atoms with Crippen LogP contribution >= 0.6 is 0 Å². The zero-order valence-electron chi connectivity index (χ0n) is 39.7. The Morgan fingerprint density at radius 2 is 0.650 bits per heavy atom. The summed E-state index contributed by atoms with van der Waals surface area (Å²) in [6.45, 7) is 6.47. The van der Waals surface area contributed by atoms with Crippen LogP contribution in [0.5, 0.6) is 0 Å². The Labute approximate surface area is 371 Å². The highest BCUT2D eigenvalue weighted by Crippen LogP contribution is 2.16. The molecule has 0 aliphatic rings. The van der Waals surface area contributed by atoms with Crippen molar-refractivity contribution < 1.29 is 28.6 Å². The first-order valence-corrected chi connectivity index (χ1v) is 25.7. The molecule has 0 saturated heterocycles. The van der Waals surface area contributed by atoms with Gasteiger partial charge in [0.1, 0.15) is 13.2 Å². The van der Waals surface area contributed by atoms with Crippen LogP contribution in [0.2, 0.25) is 0 Å². The quantitative estimate of drug-likeness (QED) is 0.0263. The molecule has 0 aromatic heterocycles. The molecule has 0 amide bonds. The van der Waals surface area contributed by atoms with Gasteiger partial charge in [-0.25, -0.2) is 0 Å². The molecule has 0 aromatic carbocycles. The highest BCUT2D eigenvalue weighted by Gasteiger charge is 2.19. The number of allylic oxidation sites excluding steroid dienone is 8. The summed E-state index contributed by atoms with van der Waals surface area (Å²) in [6.07, 6.45) is 58.2. The molecule has 0 aliphatic carbocycles. The third-order valence-electron chi connectivity index (χ3n) is 11.2. The smallest absolute Gasteiger partial charge is 0.306 e. The van der Waals surface area contributed by atoms with Gasteiger partial charge in [-0.2, -0.15) is 0 Å². The molecule has 0 radical (unpaired) electrons. The molecule has 6 heteroatoms. The monoisotopic (exact) mass is 841 g/mol. The van der Waals surface area contributed by atoms with E-state index in [9.17, 15) is 14.4 Å². The number of ether oxygens (including phenoxy) is 3. The maximum atomic E-state index is 12.7. The van der Waals surface area contributed by atoms with Crippen LogP contribution in [-0.4, -0.2) is 37.2 Å². The van der Waals surface area contributed by atoms with Crippen LogP contribution in [0.3, 0.4) is 0 Å². The first kappa shape index (κ1) is 57.4. The van der Waals surface area contributed by atoms with Gasteiger partial charge in [0.15, 0.2) is 6.10 Å². The van der Waals surface area contributed by atoms with E-state index in [2.05, 4.69) is 32.9 Å². The fourth-order valence-corrected chi connectivity index (χ4v) is 7.34. The lowest BCUT2D eigenvalue weighted by molar-refractivity contribution is -0.167. The van der Waals surface area contributed by atoms with Crippen LogP contribution < -0.4 is 0 Å². The lowest BCUT2D eigenvalue weighted by atomic mass is 10.0. The van der Waals surface area contributed by atoms with Crippen molar-refractivity contribution in [3.05, 3.63) is 48.6 Å². The minimum absolute atomic E-state index is 0.0857. The summed E-state index contributed by atoms with van der Waals surface area (Å²) in [5.41, 5.74) is 0. The molecule has 348 valence electrons. The highest BCUT2D eigenvalue weighted by atomic mass is 16.6. The Kier molecular flexibility index (Phi) is 46.9. The van der Waals surface area contributed by atoms with Gasteiger partial charge >= 0.3 is 17.9 Å². The topological polar surface area (TPSA) is 78.9 Å². The summed E-state index contributed by atoms with van der Waals surface area (Å²) in [5.74, 6) is -0.918. The van der Waals surface area contributed by atoms with Gasteiger partial charge in [-0.15, -0.1) is 0 Å². The largest absolute Gasteiger partial charge is 0.462 e. The summed E-state index contributed by atoms with van der Waals surface area (Å²) in [7, 11) is 0. The van der Waals surface area contributed by atoms with E-state index in [0.717, 1.165) is 70.6 Å². The third-order valence-corrected chi connectivity index (χ3v) is 11.2. The number of hydrogen-bond donors (Lipinski definition) is 0. The molecular formula is C54H96O6. The van der Waals surface area contributed by atoms with E-state index < -0.39 is 6.10 Å². The van der Waals surface area contributed by atoms with Crippen LogP contribution in [0, 0.1) is 0 Å². The van der Waals surface area contributed by atoms with Crippen molar-refractivity contribution in [1.29, 1.82) is 0 Å². The second kappa shape index (κ2) is 49.0. The van der Waals surface area contributed by atoms with Gasteiger partial charge in [0, 0.05) is 19.3 Å². The maximum absolute atomic E-state index is 12.7. The molecule has 0 rings (SSSR count). The molecule has 6 nitrogen and oxygen atoms in total. The molecule has 0 spiro atoms. The Balaban J connectivity index is 4.31. The minimum atomic E-state index is -0.788. The van der Waals surface area contributed by atoms with E-state index >= 15 is 0 Å². The van der Waals surface area contributed by atoms with Crippen LogP contribution in [-0.2, 0) is 28.6 Å². The Hall–Kier alpha value is -2.63. The van der Waals surface area contributed by atoms with Crippen molar-refractivity contribution in [2.75, 3.05) is 13.2 Å². The Morgan fingerprint density at radius 3 is 1.02 bits per heavy atom. The molecule has 0 fully saturated rings. The van der Waals surface area contributed by atoms with Gasteiger partial charge in [-0.05, 0) is 38.5 Å². The lowest BCUT2D eigenvalue weighted by Crippen LogP contribution is -2.30. The third kappa shape index (κ3) is 46.4. The molecule has 1 unspecified atom stereocenters. The van der Waals surface area contributed by atoms with Crippen molar-refractivity contribution >= 4 is 17.9 Å². The average molecular weight is 841 g/mol. The number of esters is 3. The molecule has 0 N–H and O–H groups in total. The van der Waals surface area contributed by atoms with E-state index in [-0.39, 0.29) is 37.5 Å². The van der Waals surface area contributed by atoms with E-state index in [1.54, 1.807) is 0 Å². The number of carbonyl (C=O) groups excluding carboxylic acids is 3. The molecule has 0 aromatic rings. The zero-order valence-corrected chi connectivity index (χ0v) is 39.7. The number of hydrogen-bond acceptors (Lipinski definition) is 6. The van der Waals surface area contributed by atoms with E-state index in [0.29, 0.717) is 12.8 Å². The molecule has 60 heavy (non-hydrogen) atoms. The predicted molar refractivity (Wildman–Crippen MR) is 256 cm³/mol. The minimum Gasteiger partial charge on any atom is -0.462 e. The normalized spacial score (nSPS) is 12.4. The number of unbranched alkanes of at least 4 members (excludes halogenated alkanes) is 30. The molecule has 0 bridgehead atoms. The fourth-order valence-electron chi connectivity index (χ4n) is 7.34. The van der Waals surface area contributed by atoms with Crippen molar-refractivity contribution in [1.82, 2.24) is 0 Å². The van der Waals surface area contributed by atoms with E-state index in [1.165, 1.54) is 148 Å². The molecule has 0 saturated carbocycles. The molecule has 0 heterocycles. The molecular weight excluding hydrogens is 745 g/mol. The number of rotatable bonds is 46. The molecule has 1 atom stereocenters. The first-order valence-electron chi connectivity index (χ1n) is 25.7. The van der Waals surface area contributed by atoms with E-state index in [1.807, 2.05) is 36.5 Å². The van der Waals surface area contributed by atoms with Gasteiger partial charge in [-0.3, -0.25) is 14.4 Å². The van der Waals surface area contributed by atoms with Gasteiger partial charge in [0.2, 0.25) is 0 Å². The maximum Gasteiger partial charge on any atom is 0.306 e. The van der Waals surface area contributed by atoms with Crippen LogP contribution in [0.1, 0.15) is 258 Å². The second-order valence-electron chi connectivity index (χ2n) is 17.2. The van der Waals surface area contributed by atoms with Gasteiger partial charge in [0.25, 0.3) is 0 Å². The van der Waals surface area contributed by atoms with Crippen molar-refractivity contribution in [3.63, 3.8) is 0 Å². The summed E-state index contributed by atoms with van der Waals surface area (Å²) in [4.78, 5) is 37.9. The van der Waals surface area contributed by atoms with Crippen LogP contribution in [0.15, 0.2) is 48.6 Å². The van der Waals surface area contributed by atoms with Gasteiger partial charge < -0.3 is 14.2 Å². The first-order chi connectivity index (χ1) is 29.5. The number of carbonyl (C=O) groups is 3. The van der Waals surface area contributed by atoms with Crippen LogP contribution in [0.4, 0.5) is 0 Å². The summed E-state index contributed by atoms with van der Waals surface area (Å²) in [6, 6.07) is 0. The standard InChI is InChI=1S/C54H96O6/c1-4-7-10-13-16-19-22-24-25-26-27-28-29-31-32-35-38-41-44-47-53(56)59-50-51(49-58-52(55)46-43-40-37-34-21-18-15-12-9-6-3)60-54(57)48-45-42-39-36-33-30-23-20-17-14-11-8-5-2/h8,11,14,17,20,23,30,33,51H,4-7,9-10,12-13,15-16,18-19,21-22,24-29,31-32,34-50H2,1-3H3/b11-8-,17-14-,23-20-,33-30-. The summed E-state index contributed by atoms with van der Waals surface area (Å²) in [5, 5.41) is 0. The zero-order chi connectivity index (χ0) is 43.7. The van der Waals surface area contributed by atoms with E-state index in [4.69, 9.17) is 14.2 Å². The predicted octanol–water partition coefficient (Wildman–Crippen LogP) is 16.7. The Morgan fingerprint density at radius 1 is 0.350 bits per heavy atom. The Bertz CT molecular complexity index is 1060. The summed E-state index contributed by atoms with van der Waals surface area (Å²) < 4.78 is 16.7. The van der Waals surface area contributed by atoms with Gasteiger partial charge in [-0.1, -0.05) is 249 Å². The highest BCUT2D eigenvalue weighted by molar-refractivity contribution is 5.71. The van der Waals surface area contributed by atoms with Gasteiger partial charge in [0.05, 0.1) is 0 Å². The SMILES string of the molecule is CC\C=C/C=C\C=C/C=C\CCCCCC(=O)OC(COC(=O)CCCCCCCCCCCC)COC(=O)CCCCCCCCCCCCCCCCCCCCC. The molecule has 0 aliphatic heterocycles. The van der Waals surface area contributed by atoms with Crippen molar-refractivity contribution in [3.8, 4) is 0 Å². The average Bonchev–Trinajstić information content (AvgIpc) is 3.24.